The van der Waals surface area contributed by atoms with Crippen LogP contribution in [-0.2, 0) is 0 Å². The van der Waals surface area contributed by atoms with Gasteiger partial charge in [0.05, 0.1) is 5.66 Å². The van der Waals surface area contributed by atoms with Crippen LogP contribution in [0.15, 0.2) is 70.7 Å². The predicted octanol–water partition coefficient (Wildman–Crippen LogP) is 6.07. The zero-order chi connectivity index (χ0) is 15.2. The van der Waals surface area contributed by atoms with E-state index < -0.39 is 0 Å². The van der Waals surface area contributed by atoms with Crippen LogP contribution in [0.25, 0.3) is 11.1 Å². The van der Waals surface area contributed by atoms with E-state index in [1.54, 1.807) is 9.50 Å². The number of hydrogen-bond donors (Lipinski definition) is 0. The average Bonchev–Trinajstić information content (AvgIpc) is 3.33. The molecule has 2 atom stereocenters. The predicted molar refractivity (Wildman–Crippen MR) is 106 cm³/mol. The molecule has 0 saturated heterocycles. The molecular weight excluding hydrogens is 355 g/mol. The van der Waals surface area contributed by atoms with Crippen molar-refractivity contribution in [2.24, 2.45) is 0 Å². The molecular formula is C19H13PS3. The maximum Gasteiger partial charge on any atom is 0.0574 e. The third-order valence-corrected chi connectivity index (χ3v) is 10.7. The van der Waals surface area contributed by atoms with Crippen LogP contribution < -0.4 is 9.92 Å². The SMILES string of the molecule is c1ccc(P2c3sccc3-c3ccsc3[C@H]2c2cccs2)cc1. The van der Waals surface area contributed by atoms with Gasteiger partial charge in [0.15, 0.2) is 0 Å². The minimum atomic E-state index is -0.381. The van der Waals surface area contributed by atoms with Crippen LogP contribution in [0.5, 0.6) is 0 Å². The van der Waals surface area contributed by atoms with Crippen LogP contribution in [-0.4, -0.2) is 0 Å². The van der Waals surface area contributed by atoms with Crippen LogP contribution in [0.4, 0.5) is 0 Å². The van der Waals surface area contributed by atoms with E-state index in [1.165, 1.54) is 21.3 Å². The molecule has 4 heterocycles. The Hall–Kier alpha value is -1.25. The van der Waals surface area contributed by atoms with Gasteiger partial charge in [-0.2, -0.15) is 0 Å². The van der Waals surface area contributed by atoms with Gasteiger partial charge in [-0.15, -0.1) is 34.0 Å². The quantitative estimate of drug-likeness (QED) is 0.377. The molecule has 0 fully saturated rings. The molecule has 1 aliphatic rings. The second-order valence-corrected chi connectivity index (χ2v) is 10.8. The summed E-state index contributed by atoms with van der Waals surface area (Å²) in [6.07, 6.45) is 0. The molecule has 0 aliphatic carbocycles. The summed E-state index contributed by atoms with van der Waals surface area (Å²) in [7, 11) is -0.381. The Morgan fingerprint density at radius 2 is 1.52 bits per heavy atom. The maximum atomic E-state index is 2.32. The lowest BCUT2D eigenvalue weighted by atomic mass is 10.1. The lowest BCUT2D eigenvalue weighted by Crippen LogP contribution is -2.20. The van der Waals surface area contributed by atoms with Crippen molar-refractivity contribution in [3.63, 3.8) is 0 Å². The van der Waals surface area contributed by atoms with Gasteiger partial charge in [-0.1, -0.05) is 36.4 Å². The molecule has 4 aromatic rings. The summed E-state index contributed by atoms with van der Waals surface area (Å²) >= 11 is 5.76. The Bertz CT molecular complexity index is 934. The lowest BCUT2D eigenvalue weighted by molar-refractivity contribution is 1.24. The van der Waals surface area contributed by atoms with Gasteiger partial charge in [0.25, 0.3) is 0 Å². The first-order chi connectivity index (χ1) is 11.4. The van der Waals surface area contributed by atoms with E-state index in [-0.39, 0.29) is 7.92 Å². The van der Waals surface area contributed by atoms with Gasteiger partial charge in [0.2, 0.25) is 0 Å². The van der Waals surface area contributed by atoms with E-state index >= 15 is 0 Å². The average molecular weight is 368 g/mol. The fraction of sp³-hybridized carbons (Fsp3) is 0.0526. The monoisotopic (exact) mass is 368 g/mol. The van der Waals surface area contributed by atoms with Crippen molar-refractivity contribution >= 4 is 51.9 Å². The number of hydrogen-bond acceptors (Lipinski definition) is 3. The Kier molecular flexibility index (Phi) is 3.49. The summed E-state index contributed by atoms with van der Waals surface area (Å²) in [5.74, 6) is 0. The molecule has 0 nitrogen and oxygen atoms in total. The Morgan fingerprint density at radius 3 is 2.35 bits per heavy atom. The van der Waals surface area contributed by atoms with E-state index in [1.807, 2.05) is 34.0 Å². The van der Waals surface area contributed by atoms with Crippen molar-refractivity contribution in [3.05, 3.63) is 80.5 Å². The van der Waals surface area contributed by atoms with E-state index in [9.17, 15) is 0 Å². The highest BCUT2D eigenvalue weighted by molar-refractivity contribution is 7.79. The van der Waals surface area contributed by atoms with Crippen molar-refractivity contribution < 1.29 is 0 Å². The van der Waals surface area contributed by atoms with Gasteiger partial charge in [0, 0.05) is 19.9 Å². The summed E-state index contributed by atoms with van der Waals surface area (Å²) in [4.78, 5) is 3.05. The topological polar surface area (TPSA) is 0 Å². The Balaban J connectivity index is 1.80. The van der Waals surface area contributed by atoms with Crippen molar-refractivity contribution in [3.8, 4) is 11.1 Å². The summed E-state index contributed by atoms with van der Waals surface area (Å²) in [5.41, 5.74) is 3.43. The number of rotatable bonds is 2. The second-order valence-electron chi connectivity index (χ2n) is 5.46. The van der Waals surface area contributed by atoms with Gasteiger partial charge >= 0.3 is 0 Å². The highest BCUT2D eigenvalue weighted by Crippen LogP contribution is 2.62. The largest absolute Gasteiger partial charge is 0.148 e. The van der Waals surface area contributed by atoms with E-state index in [0.29, 0.717) is 5.66 Å². The van der Waals surface area contributed by atoms with Gasteiger partial charge in [-0.05, 0) is 53.1 Å². The Labute approximate surface area is 148 Å². The van der Waals surface area contributed by atoms with Gasteiger partial charge < -0.3 is 0 Å². The summed E-state index contributed by atoms with van der Waals surface area (Å²) in [6, 6.07) is 20.2. The molecule has 3 aromatic heterocycles. The first-order valence-electron chi connectivity index (χ1n) is 7.46. The van der Waals surface area contributed by atoms with Gasteiger partial charge in [-0.25, -0.2) is 0 Å². The summed E-state index contributed by atoms with van der Waals surface area (Å²) in [5, 5.41) is 8.23. The molecule has 0 N–H and O–H groups in total. The van der Waals surface area contributed by atoms with Gasteiger partial charge in [0.1, 0.15) is 0 Å². The molecule has 23 heavy (non-hydrogen) atoms. The molecule has 1 aromatic carbocycles. The third-order valence-electron chi connectivity index (χ3n) is 4.20. The smallest absolute Gasteiger partial charge is 0.0574 e. The minimum Gasteiger partial charge on any atom is -0.148 e. The molecule has 1 aliphatic heterocycles. The Morgan fingerprint density at radius 1 is 0.696 bits per heavy atom. The highest BCUT2D eigenvalue weighted by atomic mass is 32.1. The second kappa shape index (κ2) is 5.68. The molecule has 5 rings (SSSR count). The molecule has 112 valence electrons. The number of thiophene rings is 3. The normalized spacial score (nSPS) is 19.3. The molecule has 1 unspecified atom stereocenters. The van der Waals surface area contributed by atoms with Crippen molar-refractivity contribution in [2.75, 3.05) is 0 Å². The first kappa shape index (κ1) is 14.1. The lowest BCUT2D eigenvalue weighted by Gasteiger charge is -2.32. The molecule has 4 heteroatoms. The van der Waals surface area contributed by atoms with Crippen LogP contribution in [0.2, 0.25) is 0 Å². The van der Waals surface area contributed by atoms with Crippen molar-refractivity contribution in [1.82, 2.24) is 0 Å². The molecule has 0 amide bonds. The maximum absolute atomic E-state index is 2.32. The number of benzene rings is 1. The summed E-state index contributed by atoms with van der Waals surface area (Å²) in [6.45, 7) is 0. The fourth-order valence-corrected chi connectivity index (χ4v) is 10.3. The zero-order valence-electron chi connectivity index (χ0n) is 12.2. The van der Waals surface area contributed by atoms with E-state index in [0.717, 1.165) is 0 Å². The molecule has 0 spiro atoms. The fourth-order valence-electron chi connectivity index (χ4n) is 3.24. The van der Waals surface area contributed by atoms with Crippen molar-refractivity contribution in [2.45, 2.75) is 5.66 Å². The summed E-state index contributed by atoms with van der Waals surface area (Å²) < 4.78 is 1.58. The highest BCUT2D eigenvalue weighted by Gasteiger charge is 2.37. The number of fused-ring (bicyclic) bond motifs is 3. The minimum absolute atomic E-state index is 0.381. The molecule has 0 radical (unpaired) electrons. The molecule has 0 bridgehead atoms. The van der Waals surface area contributed by atoms with Gasteiger partial charge in [-0.3, -0.25) is 0 Å². The first-order valence-corrected chi connectivity index (χ1v) is 11.5. The van der Waals surface area contributed by atoms with Crippen LogP contribution in [0, 0.1) is 0 Å². The van der Waals surface area contributed by atoms with E-state index in [4.69, 9.17) is 0 Å². The van der Waals surface area contributed by atoms with Crippen LogP contribution >= 0.6 is 41.9 Å². The standard InChI is InChI=1S/C19H13PS3/c1-2-5-13(6-3-1)20-17(16-7-4-10-21-16)18-14(8-11-22-18)15-9-12-23-19(15)20/h1-12,17H/t17-,20?/m1/s1. The van der Waals surface area contributed by atoms with Crippen LogP contribution in [0.1, 0.15) is 15.4 Å². The van der Waals surface area contributed by atoms with Crippen molar-refractivity contribution in [1.29, 1.82) is 0 Å². The zero-order valence-corrected chi connectivity index (χ0v) is 15.5. The molecule has 0 saturated carbocycles. The van der Waals surface area contributed by atoms with Crippen LogP contribution in [0.3, 0.4) is 0 Å². The third kappa shape index (κ3) is 2.19. The van der Waals surface area contributed by atoms with E-state index in [2.05, 4.69) is 70.7 Å².